The lowest BCUT2D eigenvalue weighted by atomic mass is 9.94. The van der Waals surface area contributed by atoms with E-state index in [1.807, 2.05) is 0 Å². The van der Waals surface area contributed by atoms with E-state index in [9.17, 15) is 0 Å². The standard InChI is InChI=1S/C38H74N2/c1-5-8-10-12-14-16-18-19-20-21-22-24-26-28-30-33-37(31-7-3)38-39-34-35-40(38)36(4)32-29-27-25-23-17-15-13-11-9-6-2/h34-37H,5-33H2,1-4H3/p+1. The first-order chi connectivity index (χ1) is 19.7. The van der Waals surface area contributed by atoms with Gasteiger partial charge in [0.25, 0.3) is 5.82 Å². The van der Waals surface area contributed by atoms with Gasteiger partial charge in [-0.3, -0.25) is 0 Å². The highest BCUT2D eigenvalue weighted by Gasteiger charge is 2.24. The van der Waals surface area contributed by atoms with E-state index < -0.39 is 0 Å². The molecule has 2 unspecified atom stereocenters. The highest BCUT2D eigenvalue weighted by Crippen LogP contribution is 2.26. The Morgan fingerprint density at radius 3 is 1.25 bits per heavy atom. The molecule has 0 aliphatic heterocycles. The third-order valence-corrected chi connectivity index (χ3v) is 9.37. The molecule has 0 aliphatic rings. The minimum absolute atomic E-state index is 0.621. The summed E-state index contributed by atoms with van der Waals surface area (Å²) < 4.78 is 2.60. The molecule has 0 amide bonds. The summed E-state index contributed by atoms with van der Waals surface area (Å²) in [5, 5.41) is 0. The van der Waals surface area contributed by atoms with Crippen LogP contribution in [0.4, 0.5) is 0 Å². The minimum Gasteiger partial charge on any atom is -0.247 e. The molecule has 2 nitrogen and oxygen atoms in total. The van der Waals surface area contributed by atoms with Crippen molar-refractivity contribution in [3.8, 4) is 0 Å². The van der Waals surface area contributed by atoms with Gasteiger partial charge in [0.15, 0.2) is 0 Å². The van der Waals surface area contributed by atoms with E-state index in [1.165, 1.54) is 192 Å². The summed E-state index contributed by atoms with van der Waals surface area (Å²) in [5.41, 5.74) is 0. The van der Waals surface area contributed by atoms with Crippen molar-refractivity contribution in [2.45, 2.75) is 226 Å². The van der Waals surface area contributed by atoms with Crippen LogP contribution in [-0.4, -0.2) is 4.98 Å². The molecule has 1 heterocycles. The number of imidazole rings is 1. The lowest BCUT2D eigenvalue weighted by molar-refractivity contribution is -0.727. The monoisotopic (exact) mass is 560 g/mol. The van der Waals surface area contributed by atoms with E-state index in [4.69, 9.17) is 0 Å². The van der Waals surface area contributed by atoms with Crippen LogP contribution in [0.2, 0.25) is 0 Å². The quantitative estimate of drug-likeness (QED) is 0.0689. The van der Waals surface area contributed by atoms with E-state index in [0.717, 1.165) is 0 Å². The Bertz CT molecular complexity index is 621. The van der Waals surface area contributed by atoms with Crippen molar-refractivity contribution in [2.75, 3.05) is 0 Å². The van der Waals surface area contributed by atoms with Gasteiger partial charge in [-0.1, -0.05) is 181 Å². The zero-order valence-electron chi connectivity index (χ0n) is 28.3. The lowest BCUT2D eigenvalue weighted by Crippen LogP contribution is -2.41. The molecule has 236 valence electrons. The Morgan fingerprint density at radius 1 is 0.475 bits per heavy atom. The fourth-order valence-electron chi connectivity index (χ4n) is 6.67. The molecule has 1 aromatic heterocycles. The summed E-state index contributed by atoms with van der Waals surface area (Å²) in [6.07, 6.45) is 45.8. The Morgan fingerprint density at radius 2 is 0.850 bits per heavy atom. The number of nitrogens with one attached hydrogen (secondary N) is 1. The summed E-state index contributed by atoms with van der Waals surface area (Å²) >= 11 is 0. The third-order valence-electron chi connectivity index (χ3n) is 9.37. The van der Waals surface area contributed by atoms with Crippen molar-refractivity contribution >= 4 is 0 Å². The Hall–Kier alpha value is -0.790. The predicted octanol–water partition coefficient (Wildman–Crippen LogP) is 13.3. The van der Waals surface area contributed by atoms with Gasteiger partial charge in [-0.05, 0) is 32.6 Å². The second-order valence-corrected chi connectivity index (χ2v) is 13.3. The molecular formula is C38H75N2+. The summed E-state index contributed by atoms with van der Waals surface area (Å²) in [6, 6.07) is 0.621. The van der Waals surface area contributed by atoms with Gasteiger partial charge in [0.05, 0.1) is 12.0 Å². The molecule has 0 bridgehead atoms. The maximum atomic E-state index is 3.68. The van der Waals surface area contributed by atoms with Gasteiger partial charge in [0, 0.05) is 0 Å². The fraction of sp³-hybridized carbons (Fsp3) is 0.921. The number of H-pyrrole nitrogens is 1. The van der Waals surface area contributed by atoms with Crippen molar-refractivity contribution in [3.63, 3.8) is 0 Å². The van der Waals surface area contributed by atoms with Crippen molar-refractivity contribution in [1.29, 1.82) is 0 Å². The maximum absolute atomic E-state index is 3.68. The van der Waals surface area contributed by atoms with E-state index in [2.05, 4.69) is 49.6 Å². The number of rotatable bonds is 31. The predicted molar refractivity (Wildman–Crippen MR) is 179 cm³/mol. The molecule has 1 N–H and O–H groups in total. The van der Waals surface area contributed by atoms with Crippen LogP contribution >= 0.6 is 0 Å². The molecule has 2 heteroatoms. The van der Waals surface area contributed by atoms with Crippen LogP contribution in [0.15, 0.2) is 12.4 Å². The highest BCUT2D eigenvalue weighted by molar-refractivity contribution is 4.90. The van der Waals surface area contributed by atoms with Gasteiger partial charge in [0.1, 0.15) is 12.4 Å². The van der Waals surface area contributed by atoms with Crippen LogP contribution in [0.1, 0.15) is 232 Å². The zero-order valence-corrected chi connectivity index (χ0v) is 28.3. The third kappa shape index (κ3) is 20.1. The Balaban J connectivity index is 2.13. The first-order valence-electron chi connectivity index (χ1n) is 18.8. The van der Waals surface area contributed by atoms with Crippen LogP contribution in [-0.2, 0) is 0 Å². The second-order valence-electron chi connectivity index (χ2n) is 13.3. The minimum atomic E-state index is 0.621. The Labute approximate surface area is 253 Å². The fourth-order valence-corrected chi connectivity index (χ4v) is 6.67. The van der Waals surface area contributed by atoms with Crippen LogP contribution in [0.5, 0.6) is 0 Å². The van der Waals surface area contributed by atoms with Gasteiger partial charge >= 0.3 is 0 Å². The van der Waals surface area contributed by atoms with E-state index in [0.29, 0.717) is 12.0 Å². The van der Waals surface area contributed by atoms with E-state index in [1.54, 1.807) is 0 Å². The van der Waals surface area contributed by atoms with Gasteiger partial charge in [-0.15, -0.1) is 0 Å². The molecule has 1 rings (SSSR count). The molecule has 0 spiro atoms. The number of aromatic nitrogens is 2. The molecule has 0 saturated heterocycles. The van der Waals surface area contributed by atoms with Gasteiger partial charge < -0.3 is 0 Å². The summed E-state index contributed by atoms with van der Waals surface area (Å²) in [5.74, 6) is 2.21. The lowest BCUT2D eigenvalue weighted by Gasteiger charge is -2.16. The van der Waals surface area contributed by atoms with Gasteiger partial charge in [-0.2, -0.15) is 0 Å². The number of hydrogen-bond acceptors (Lipinski definition) is 0. The summed E-state index contributed by atoms with van der Waals surface area (Å²) in [7, 11) is 0. The number of aromatic amines is 1. The Kier molecular flexibility index (Phi) is 26.4. The van der Waals surface area contributed by atoms with Crippen molar-refractivity contribution in [1.82, 2.24) is 4.98 Å². The average molecular weight is 560 g/mol. The number of nitrogens with zero attached hydrogens (tertiary/aromatic N) is 1. The molecule has 0 aliphatic carbocycles. The summed E-state index contributed by atoms with van der Waals surface area (Å²) in [4.78, 5) is 3.68. The van der Waals surface area contributed by atoms with E-state index in [-0.39, 0.29) is 0 Å². The van der Waals surface area contributed by atoms with Crippen molar-refractivity contribution in [2.24, 2.45) is 0 Å². The molecule has 0 saturated carbocycles. The van der Waals surface area contributed by atoms with Gasteiger partial charge in [0.2, 0.25) is 0 Å². The smallest absolute Gasteiger partial charge is 0.247 e. The van der Waals surface area contributed by atoms with Crippen molar-refractivity contribution in [3.05, 3.63) is 18.2 Å². The average Bonchev–Trinajstić information content (AvgIpc) is 3.45. The number of unbranched alkanes of at least 4 members (excludes halogenated alkanes) is 23. The van der Waals surface area contributed by atoms with Crippen molar-refractivity contribution < 1.29 is 4.57 Å². The molecule has 0 fully saturated rings. The molecular weight excluding hydrogens is 484 g/mol. The van der Waals surface area contributed by atoms with Gasteiger partial charge in [-0.25, -0.2) is 9.55 Å². The highest BCUT2D eigenvalue weighted by atomic mass is 15.1. The SMILES string of the molecule is CCCCCCCCCCCCCCCCCC(CCC)c1[nH]cc[n+]1C(C)CCCCCCCCCCCC. The molecule has 2 atom stereocenters. The van der Waals surface area contributed by atoms with E-state index >= 15 is 0 Å². The van der Waals surface area contributed by atoms with Crippen LogP contribution in [0.3, 0.4) is 0 Å². The largest absolute Gasteiger partial charge is 0.257 e. The normalized spacial score (nSPS) is 13.2. The second kappa shape index (κ2) is 28.3. The zero-order chi connectivity index (χ0) is 28.9. The summed E-state index contributed by atoms with van der Waals surface area (Å²) in [6.45, 7) is 9.42. The number of hydrogen-bond donors (Lipinski definition) is 1. The van der Waals surface area contributed by atoms with Crippen LogP contribution in [0.25, 0.3) is 0 Å². The molecule has 0 aromatic carbocycles. The molecule has 0 radical (unpaired) electrons. The maximum Gasteiger partial charge on any atom is 0.257 e. The van der Waals surface area contributed by atoms with Crippen LogP contribution < -0.4 is 4.57 Å². The molecule has 40 heavy (non-hydrogen) atoms. The topological polar surface area (TPSA) is 19.7 Å². The van der Waals surface area contributed by atoms with Crippen LogP contribution in [0, 0.1) is 0 Å². The molecule has 1 aromatic rings. The first kappa shape index (κ1) is 37.2. The first-order valence-corrected chi connectivity index (χ1v) is 18.8.